The maximum absolute atomic E-state index is 12.4. The standard InChI is InChI=1S/C18H19N3O3S3/c1-3-13-6-8-14(9-7-13)15-12-26-18(19-15)20-16(22)11-21(2)27(23,24)17-5-4-10-25-17/h4-10,12H,3,11H2,1-2H3,(H,19,20,22). The molecule has 27 heavy (non-hydrogen) atoms. The summed E-state index contributed by atoms with van der Waals surface area (Å²) in [5.74, 6) is -0.431. The van der Waals surface area contributed by atoms with Crippen LogP contribution >= 0.6 is 22.7 Å². The molecule has 6 nitrogen and oxygen atoms in total. The predicted molar refractivity (Wildman–Crippen MR) is 110 cm³/mol. The lowest BCUT2D eigenvalue weighted by molar-refractivity contribution is -0.116. The summed E-state index contributed by atoms with van der Waals surface area (Å²) in [6, 6.07) is 11.3. The number of anilines is 1. The number of thiazole rings is 1. The molecule has 0 saturated carbocycles. The zero-order valence-electron chi connectivity index (χ0n) is 14.9. The van der Waals surface area contributed by atoms with Crippen LogP contribution < -0.4 is 5.32 Å². The maximum atomic E-state index is 12.4. The van der Waals surface area contributed by atoms with Crippen LogP contribution in [0.5, 0.6) is 0 Å². The molecule has 1 N–H and O–H groups in total. The molecule has 2 heterocycles. The number of hydrogen-bond donors (Lipinski definition) is 1. The second kappa shape index (κ2) is 8.30. The number of aromatic nitrogens is 1. The van der Waals surface area contributed by atoms with Crippen LogP contribution in [0.2, 0.25) is 0 Å². The molecule has 0 aliphatic rings. The fourth-order valence-electron chi connectivity index (χ4n) is 2.38. The van der Waals surface area contributed by atoms with E-state index < -0.39 is 15.9 Å². The van der Waals surface area contributed by atoms with Gasteiger partial charge in [0.05, 0.1) is 12.2 Å². The summed E-state index contributed by atoms with van der Waals surface area (Å²) in [6.07, 6.45) is 0.973. The van der Waals surface area contributed by atoms with Gasteiger partial charge in [-0.15, -0.1) is 22.7 Å². The minimum atomic E-state index is -3.65. The lowest BCUT2D eigenvalue weighted by atomic mass is 10.1. The van der Waals surface area contributed by atoms with Crippen LogP contribution in [0.4, 0.5) is 5.13 Å². The molecule has 2 aromatic heterocycles. The van der Waals surface area contributed by atoms with Gasteiger partial charge in [-0.05, 0) is 23.4 Å². The number of amides is 1. The Bertz CT molecular complexity index is 1010. The Labute approximate surface area is 166 Å². The van der Waals surface area contributed by atoms with E-state index in [0.29, 0.717) is 5.13 Å². The van der Waals surface area contributed by atoms with Gasteiger partial charge in [-0.1, -0.05) is 37.3 Å². The Balaban J connectivity index is 1.64. The zero-order chi connectivity index (χ0) is 19.4. The molecule has 1 amide bonds. The zero-order valence-corrected chi connectivity index (χ0v) is 17.3. The van der Waals surface area contributed by atoms with Crippen LogP contribution in [0.25, 0.3) is 11.3 Å². The molecule has 3 rings (SSSR count). The number of nitrogens with zero attached hydrogens (tertiary/aromatic N) is 2. The number of likely N-dealkylation sites (N-methyl/N-ethyl adjacent to an activating group) is 1. The van der Waals surface area contributed by atoms with Crippen molar-refractivity contribution in [3.8, 4) is 11.3 Å². The van der Waals surface area contributed by atoms with Crippen molar-refractivity contribution in [2.24, 2.45) is 0 Å². The van der Waals surface area contributed by atoms with E-state index in [0.717, 1.165) is 33.3 Å². The summed E-state index contributed by atoms with van der Waals surface area (Å²) in [5.41, 5.74) is 3.00. The van der Waals surface area contributed by atoms with Gasteiger partial charge < -0.3 is 5.32 Å². The van der Waals surface area contributed by atoms with Gasteiger partial charge in [0.15, 0.2) is 5.13 Å². The molecule has 0 radical (unpaired) electrons. The highest BCUT2D eigenvalue weighted by atomic mass is 32.2. The third-order valence-electron chi connectivity index (χ3n) is 3.93. The van der Waals surface area contributed by atoms with Gasteiger partial charge in [-0.3, -0.25) is 4.79 Å². The van der Waals surface area contributed by atoms with Gasteiger partial charge in [0, 0.05) is 18.0 Å². The normalized spacial score (nSPS) is 11.7. The molecule has 142 valence electrons. The van der Waals surface area contributed by atoms with E-state index in [1.54, 1.807) is 11.4 Å². The monoisotopic (exact) mass is 421 g/mol. The number of benzene rings is 1. The third kappa shape index (κ3) is 4.62. The second-order valence-corrected chi connectivity index (χ2v) is 9.91. The smallest absolute Gasteiger partial charge is 0.252 e. The number of sulfonamides is 1. The molecule has 0 fully saturated rings. The van der Waals surface area contributed by atoms with E-state index in [4.69, 9.17) is 0 Å². The lowest BCUT2D eigenvalue weighted by Gasteiger charge is -2.14. The van der Waals surface area contributed by atoms with Gasteiger partial charge in [-0.25, -0.2) is 13.4 Å². The number of hydrogen-bond acceptors (Lipinski definition) is 6. The third-order valence-corrected chi connectivity index (χ3v) is 7.87. The minimum absolute atomic E-state index is 0.213. The number of carbonyl (C=O) groups is 1. The first-order valence-electron chi connectivity index (χ1n) is 8.24. The van der Waals surface area contributed by atoms with Gasteiger partial charge in [-0.2, -0.15) is 4.31 Å². The molecular weight excluding hydrogens is 402 g/mol. The van der Waals surface area contributed by atoms with Crippen LogP contribution in [0, 0.1) is 0 Å². The average Bonchev–Trinajstić information content (AvgIpc) is 3.34. The molecule has 9 heteroatoms. The van der Waals surface area contributed by atoms with Crippen molar-refractivity contribution in [1.82, 2.24) is 9.29 Å². The summed E-state index contributed by atoms with van der Waals surface area (Å²) in [4.78, 5) is 16.6. The van der Waals surface area contributed by atoms with Crippen molar-refractivity contribution < 1.29 is 13.2 Å². The van der Waals surface area contributed by atoms with Crippen molar-refractivity contribution in [1.29, 1.82) is 0 Å². The molecule has 0 spiro atoms. The van der Waals surface area contributed by atoms with Gasteiger partial charge in [0.2, 0.25) is 5.91 Å². The van der Waals surface area contributed by atoms with Crippen molar-refractivity contribution >= 4 is 43.7 Å². The molecule has 0 aliphatic heterocycles. The van der Waals surface area contributed by atoms with Crippen LogP contribution in [0.15, 0.2) is 51.4 Å². The van der Waals surface area contributed by atoms with Crippen molar-refractivity contribution in [2.45, 2.75) is 17.6 Å². The van der Waals surface area contributed by atoms with Gasteiger partial charge in [0.25, 0.3) is 10.0 Å². The van der Waals surface area contributed by atoms with E-state index in [1.165, 1.54) is 30.0 Å². The molecule has 1 aromatic carbocycles. The predicted octanol–water partition coefficient (Wildman–Crippen LogP) is 3.69. The molecule has 0 unspecified atom stereocenters. The molecular formula is C18H19N3O3S3. The number of nitrogens with one attached hydrogen (secondary N) is 1. The minimum Gasteiger partial charge on any atom is -0.301 e. The Morgan fingerprint density at radius 2 is 1.93 bits per heavy atom. The van der Waals surface area contributed by atoms with E-state index in [9.17, 15) is 13.2 Å². The molecule has 0 aliphatic carbocycles. The lowest BCUT2D eigenvalue weighted by Crippen LogP contribution is -2.34. The van der Waals surface area contributed by atoms with Crippen molar-refractivity contribution in [2.75, 3.05) is 18.9 Å². The van der Waals surface area contributed by atoms with Gasteiger partial charge in [0.1, 0.15) is 4.21 Å². The summed E-state index contributed by atoms with van der Waals surface area (Å²) >= 11 is 2.43. The van der Waals surface area contributed by atoms with Crippen molar-refractivity contribution in [3.05, 3.63) is 52.7 Å². The Kier molecular flexibility index (Phi) is 6.05. The summed E-state index contributed by atoms with van der Waals surface area (Å²) in [6.45, 7) is 1.82. The van der Waals surface area contributed by atoms with E-state index in [2.05, 4.69) is 29.4 Å². The molecule has 3 aromatic rings. The van der Waals surface area contributed by atoms with Crippen molar-refractivity contribution in [3.63, 3.8) is 0 Å². The Morgan fingerprint density at radius 1 is 1.19 bits per heavy atom. The largest absolute Gasteiger partial charge is 0.301 e. The number of thiophene rings is 1. The van der Waals surface area contributed by atoms with Gasteiger partial charge >= 0.3 is 0 Å². The SMILES string of the molecule is CCc1ccc(-c2csc(NC(=O)CN(C)S(=O)(=O)c3cccs3)n2)cc1. The maximum Gasteiger partial charge on any atom is 0.252 e. The highest BCUT2D eigenvalue weighted by Gasteiger charge is 2.24. The second-order valence-electron chi connectivity index (χ2n) is 5.83. The first-order valence-corrected chi connectivity index (χ1v) is 11.4. The molecule has 0 saturated heterocycles. The summed E-state index contributed by atoms with van der Waals surface area (Å²) in [5, 5.41) is 6.66. The topological polar surface area (TPSA) is 79.4 Å². The fourth-order valence-corrected chi connectivity index (χ4v) is 5.45. The number of aryl methyl sites for hydroxylation is 1. The first kappa shape index (κ1) is 19.7. The Hall–Kier alpha value is -2.07. The van der Waals surface area contributed by atoms with Crippen LogP contribution in [0.3, 0.4) is 0 Å². The van der Waals surface area contributed by atoms with E-state index in [-0.39, 0.29) is 10.8 Å². The Morgan fingerprint density at radius 3 is 2.56 bits per heavy atom. The van der Waals surface area contributed by atoms with Crippen LogP contribution in [0.1, 0.15) is 12.5 Å². The summed E-state index contributed by atoms with van der Waals surface area (Å²) < 4.78 is 26.0. The quantitative estimate of drug-likeness (QED) is 0.631. The fraction of sp³-hybridized carbons (Fsp3) is 0.222. The summed E-state index contributed by atoms with van der Waals surface area (Å²) in [7, 11) is -2.27. The number of rotatable bonds is 7. The highest BCUT2D eigenvalue weighted by Crippen LogP contribution is 2.25. The van der Waals surface area contributed by atoms with Crippen LogP contribution in [-0.2, 0) is 21.2 Å². The van der Waals surface area contributed by atoms with E-state index in [1.807, 2.05) is 17.5 Å². The highest BCUT2D eigenvalue weighted by molar-refractivity contribution is 7.91. The average molecular weight is 422 g/mol. The molecule has 0 bridgehead atoms. The first-order chi connectivity index (χ1) is 12.9. The van der Waals surface area contributed by atoms with Crippen LogP contribution in [-0.4, -0.2) is 37.2 Å². The van der Waals surface area contributed by atoms with E-state index >= 15 is 0 Å². The molecule has 0 atom stereocenters. The number of carbonyl (C=O) groups excluding carboxylic acids is 1.